The third-order valence-electron chi connectivity index (χ3n) is 3.47. The number of aliphatic hydroxyl groups is 2. The van der Waals surface area contributed by atoms with Crippen LogP contribution in [-0.2, 0) is 0 Å². The van der Waals surface area contributed by atoms with Gasteiger partial charge in [0.05, 0.1) is 30.9 Å². The SMILES string of the molecule is O=c1[nH]cnc2c1ncn2C1[C@H](O)CCC[C@@H]1O. The lowest BCUT2D eigenvalue weighted by Gasteiger charge is -2.33. The summed E-state index contributed by atoms with van der Waals surface area (Å²) in [5, 5.41) is 20.0. The number of imidazole rings is 1. The van der Waals surface area contributed by atoms with Crippen molar-refractivity contribution in [1.82, 2.24) is 19.5 Å². The van der Waals surface area contributed by atoms with E-state index >= 15 is 0 Å². The molecule has 18 heavy (non-hydrogen) atoms. The summed E-state index contributed by atoms with van der Waals surface area (Å²) >= 11 is 0. The maximum absolute atomic E-state index is 11.5. The first kappa shape index (κ1) is 11.4. The van der Waals surface area contributed by atoms with Crippen molar-refractivity contribution in [3.63, 3.8) is 0 Å². The second kappa shape index (κ2) is 4.18. The van der Waals surface area contributed by atoms with Crippen molar-refractivity contribution < 1.29 is 10.2 Å². The molecule has 0 aliphatic heterocycles. The van der Waals surface area contributed by atoms with E-state index in [2.05, 4.69) is 15.0 Å². The zero-order valence-corrected chi connectivity index (χ0v) is 9.65. The van der Waals surface area contributed by atoms with E-state index in [0.29, 0.717) is 18.5 Å². The fourth-order valence-corrected chi connectivity index (χ4v) is 2.59. The van der Waals surface area contributed by atoms with Gasteiger partial charge in [-0.15, -0.1) is 0 Å². The Kier molecular flexibility index (Phi) is 2.64. The Bertz CT molecular complexity index is 610. The summed E-state index contributed by atoms with van der Waals surface area (Å²) in [5.41, 5.74) is 0.296. The molecule has 1 aliphatic rings. The minimum Gasteiger partial charge on any atom is -0.391 e. The average molecular weight is 250 g/mol. The third-order valence-corrected chi connectivity index (χ3v) is 3.47. The van der Waals surface area contributed by atoms with Gasteiger partial charge in [0, 0.05) is 0 Å². The molecule has 3 N–H and O–H groups in total. The molecule has 1 unspecified atom stereocenters. The van der Waals surface area contributed by atoms with Gasteiger partial charge in [-0.05, 0) is 19.3 Å². The monoisotopic (exact) mass is 250 g/mol. The smallest absolute Gasteiger partial charge is 0.278 e. The molecule has 96 valence electrons. The quantitative estimate of drug-likeness (QED) is 0.637. The first-order valence-electron chi connectivity index (χ1n) is 5.95. The van der Waals surface area contributed by atoms with Gasteiger partial charge in [-0.25, -0.2) is 9.97 Å². The molecular formula is C11H14N4O3. The van der Waals surface area contributed by atoms with Crippen LogP contribution >= 0.6 is 0 Å². The summed E-state index contributed by atoms with van der Waals surface area (Å²) in [6.07, 6.45) is 3.51. The number of aromatic amines is 1. The largest absolute Gasteiger partial charge is 0.391 e. The number of aromatic nitrogens is 4. The van der Waals surface area contributed by atoms with Gasteiger partial charge in [0.25, 0.3) is 5.56 Å². The first-order valence-corrected chi connectivity index (χ1v) is 5.95. The van der Waals surface area contributed by atoms with Crippen molar-refractivity contribution >= 4 is 11.2 Å². The van der Waals surface area contributed by atoms with E-state index in [1.165, 1.54) is 12.7 Å². The number of nitrogens with one attached hydrogen (secondary N) is 1. The van der Waals surface area contributed by atoms with Crippen molar-refractivity contribution in [2.75, 3.05) is 0 Å². The summed E-state index contributed by atoms with van der Waals surface area (Å²) < 4.78 is 1.60. The Hall–Kier alpha value is -1.73. The number of rotatable bonds is 1. The molecule has 3 rings (SSSR count). The van der Waals surface area contributed by atoms with Gasteiger partial charge in [-0.1, -0.05) is 0 Å². The Labute approximate surface area is 102 Å². The van der Waals surface area contributed by atoms with E-state index in [9.17, 15) is 15.0 Å². The van der Waals surface area contributed by atoms with Crippen molar-refractivity contribution in [1.29, 1.82) is 0 Å². The molecule has 2 aromatic rings. The van der Waals surface area contributed by atoms with Gasteiger partial charge in [-0.2, -0.15) is 0 Å². The maximum Gasteiger partial charge on any atom is 0.278 e. The van der Waals surface area contributed by atoms with Crippen LogP contribution in [0.5, 0.6) is 0 Å². The molecule has 0 spiro atoms. The Morgan fingerprint density at radius 1 is 1.28 bits per heavy atom. The van der Waals surface area contributed by atoms with Crippen molar-refractivity contribution in [3.05, 3.63) is 23.0 Å². The van der Waals surface area contributed by atoms with E-state index in [4.69, 9.17) is 0 Å². The molecule has 1 saturated carbocycles. The van der Waals surface area contributed by atoms with Crippen LogP contribution in [0.25, 0.3) is 11.2 Å². The van der Waals surface area contributed by atoms with Gasteiger partial charge in [0.2, 0.25) is 0 Å². The molecule has 2 aromatic heterocycles. The van der Waals surface area contributed by atoms with Crippen LogP contribution < -0.4 is 5.56 Å². The van der Waals surface area contributed by atoms with Crippen LogP contribution in [0.3, 0.4) is 0 Å². The van der Waals surface area contributed by atoms with Gasteiger partial charge in [0.15, 0.2) is 11.2 Å². The summed E-state index contributed by atoms with van der Waals surface area (Å²) in [4.78, 5) is 22.1. The zero-order chi connectivity index (χ0) is 12.7. The van der Waals surface area contributed by atoms with Crippen LogP contribution in [0.4, 0.5) is 0 Å². The Balaban J connectivity index is 2.14. The first-order chi connectivity index (χ1) is 8.68. The Morgan fingerprint density at radius 2 is 2.00 bits per heavy atom. The maximum atomic E-state index is 11.5. The molecule has 0 aromatic carbocycles. The summed E-state index contributed by atoms with van der Waals surface area (Å²) in [6, 6.07) is -0.488. The molecule has 1 aliphatic carbocycles. The van der Waals surface area contributed by atoms with Gasteiger partial charge in [-0.3, -0.25) is 4.79 Å². The van der Waals surface area contributed by atoms with E-state index in [1.54, 1.807) is 4.57 Å². The van der Waals surface area contributed by atoms with Crippen molar-refractivity contribution in [2.24, 2.45) is 0 Å². The highest BCUT2D eigenvalue weighted by Gasteiger charge is 2.33. The molecule has 0 amide bonds. The minimum absolute atomic E-state index is 0.225. The standard InChI is InChI=1S/C11H14N4O3/c16-6-2-1-3-7(17)9(6)15-5-14-8-10(15)12-4-13-11(8)18/h4-7,9,16-17H,1-3H2,(H,12,13,18)/t6-,7+,9?. The molecule has 3 atom stereocenters. The topological polar surface area (TPSA) is 104 Å². The number of hydrogen-bond donors (Lipinski definition) is 3. The number of H-pyrrole nitrogens is 1. The molecular weight excluding hydrogens is 236 g/mol. The highest BCUT2D eigenvalue weighted by atomic mass is 16.3. The van der Waals surface area contributed by atoms with Gasteiger partial charge >= 0.3 is 0 Å². The predicted molar refractivity (Wildman–Crippen MR) is 63.1 cm³/mol. The van der Waals surface area contributed by atoms with Crippen LogP contribution in [0.2, 0.25) is 0 Å². The van der Waals surface area contributed by atoms with Crippen LogP contribution in [0, 0.1) is 0 Å². The van der Waals surface area contributed by atoms with E-state index in [-0.39, 0.29) is 11.1 Å². The highest BCUT2D eigenvalue weighted by molar-refractivity contribution is 5.69. The van der Waals surface area contributed by atoms with E-state index in [1.807, 2.05) is 0 Å². The average Bonchev–Trinajstić information content (AvgIpc) is 2.75. The van der Waals surface area contributed by atoms with Gasteiger partial charge in [0.1, 0.15) is 0 Å². The predicted octanol–water partition coefficient (Wildman–Crippen LogP) is -0.434. The fourth-order valence-electron chi connectivity index (χ4n) is 2.59. The summed E-state index contributed by atoms with van der Waals surface area (Å²) in [5.74, 6) is 0. The van der Waals surface area contributed by atoms with E-state index < -0.39 is 18.2 Å². The number of nitrogens with zero attached hydrogens (tertiary/aromatic N) is 3. The second-order valence-electron chi connectivity index (χ2n) is 4.61. The number of aliphatic hydroxyl groups excluding tert-OH is 2. The molecule has 7 heteroatoms. The molecule has 7 nitrogen and oxygen atoms in total. The Morgan fingerprint density at radius 3 is 2.72 bits per heavy atom. The van der Waals surface area contributed by atoms with Gasteiger partial charge < -0.3 is 19.8 Å². The van der Waals surface area contributed by atoms with Crippen molar-refractivity contribution in [3.8, 4) is 0 Å². The number of hydrogen-bond acceptors (Lipinski definition) is 5. The van der Waals surface area contributed by atoms with Crippen LogP contribution in [0.1, 0.15) is 25.3 Å². The summed E-state index contributed by atoms with van der Waals surface area (Å²) in [6.45, 7) is 0. The molecule has 0 saturated heterocycles. The normalized spacial score (nSPS) is 28.7. The number of fused-ring (bicyclic) bond motifs is 1. The van der Waals surface area contributed by atoms with Crippen LogP contribution in [0.15, 0.2) is 17.4 Å². The van der Waals surface area contributed by atoms with Crippen molar-refractivity contribution in [2.45, 2.75) is 37.5 Å². The second-order valence-corrected chi connectivity index (χ2v) is 4.61. The zero-order valence-electron chi connectivity index (χ0n) is 9.65. The van der Waals surface area contributed by atoms with Crippen LogP contribution in [-0.4, -0.2) is 41.9 Å². The lowest BCUT2D eigenvalue weighted by molar-refractivity contribution is -0.0141. The molecule has 0 bridgehead atoms. The molecule has 2 heterocycles. The summed E-state index contributed by atoms with van der Waals surface area (Å²) in [7, 11) is 0. The van der Waals surface area contributed by atoms with E-state index in [0.717, 1.165) is 6.42 Å². The highest BCUT2D eigenvalue weighted by Crippen LogP contribution is 2.30. The lowest BCUT2D eigenvalue weighted by atomic mass is 9.90. The third kappa shape index (κ3) is 1.63. The molecule has 1 fully saturated rings. The minimum atomic E-state index is -0.646. The lowest BCUT2D eigenvalue weighted by Crippen LogP contribution is -2.37. The molecule has 0 radical (unpaired) electrons. The fraction of sp³-hybridized carbons (Fsp3) is 0.545.